The highest BCUT2D eigenvalue weighted by molar-refractivity contribution is 5.88. The molecule has 0 bridgehead atoms. The Kier molecular flexibility index (Phi) is 5.07. The van der Waals surface area contributed by atoms with Crippen LogP contribution in [0.1, 0.15) is 32.6 Å². The minimum Gasteiger partial charge on any atom is -0.381 e. The maximum absolute atomic E-state index is 12.0. The third-order valence-corrected chi connectivity index (χ3v) is 3.40. The largest absolute Gasteiger partial charge is 0.381 e. The van der Waals surface area contributed by atoms with Crippen molar-refractivity contribution in [3.8, 4) is 0 Å². The molecule has 1 aromatic carbocycles. The second-order valence-corrected chi connectivity index (χ2v) is 4.98. The zero-order chi connectivity index (χ0) is 13.5. The number of hydrogen-bond donors (Lipinski definition) is 3. The van der Waals surface area contributed by atoms with E-state index in [2.05, 4.69) is 22.9 Å². The van der Waals surface area contributed by atoms with Gasteiger partial charge in [-0.25, -0.2) is 0 Å². The molecule has 0 aliphatic carbocycles. The lowest BCUT2D eigenvalue weighted by Gasteiger charge is -2.27. The van der Waals surface area contributed by atoms with Crippen LogP contribution in [0.2, 0.25) is 0 Å². The lowest BCUT2D eigenvalue weighted by molar-refractivity contribution is -0.121. The Labute approximate surface area is 115 Å². The molecule has 1 heterocycles. The molecule has 1 aliphatic heterocycles. The number of fused-ring (bicyclic) bond motifs is 1. The second kappa shape index (κ2) is 7.02. The average Bonchev–Trinajstić information content (AvgIpc) is 2.46. The Bertz CT molecular complexity index is 420. The number of nitrogens with one attached hydrogen (secondary N) is 3. The van der Waals surface area contributed by atoms with Crippen molar-refractivity contribution >= 4 is 17.3 Å². The number of rotatable bonds is 6. The summed E-state index contributed by atoms with van der Waals surface area (Å²) in [4.78, 5) is 12.0. The third kappa shape index (κ3) is 3.88. The third-order valence-electron chi connectivity index (χ3n) is 3.40. The fourth-order valence-electron chi connectivity index (χ4n) is 2.26. The maximum Gasteiger partial charge on any atom is 0.244 e. The predicted molar refractivity (Wildman–Crippen MR) is 79.5 cm³/mol. The molecule has 1 atom stereocenters. The number of carbonyl (C=O) groups excluding carboxylic acids is 1. The van der Waals surface area contributed by atoms with Crippen molar-refractivity contribution in [1.82, 2.24) is 5.32 Å². The summed E-state index contributed by atoms with van der Waals surface area (Å²) in [5.74, 6) is 0.0819. The summed E-state index contributed by atoms with van der Waals surface area (Å²) < 4.78 is 0. The lowest BCUT2D eigenvalue weighted by atomic mass is 10.1. The molecule has 0 radical (unpaired) electrons. The molecule has 0 saturated heterocycles. The highest BCUT2D eigenvalue weighted by Crippen LogP contribution is 2.25. The van der Waals surface area contributed by atoms with E-state index in [1.807, 2.05) is 24.3 Å². The molecule has 1 aromatic rings. The summed E-state index contributed by atoms with van der Waals surface area (Å²) in [5, 5.41) is 9.56. The Morgan fingerprint density at radius 2 is 2.05 bits per heavy atom. The topological polar surface area (TPSA) is 53.2 Å². The van der Waals surface area contributed by atoms with Crippen LogP contribution in [0.25, 0.3) is 0 Å². The summed E-state index contributed by atoms with van der Waals surface area (Å²) in [6.07, 6.45) is 4.72. The number of para-hydroxylation sites is 2. The van der Waals surface area contributed by atoms with Crippen molar-refractivity contribution in [2.24, 2.45) is 0 Å². The number of anilines is 2. The highest BCUT2D eigenvalue weighted by Gasteiger charge is 2.22. The summed E-state index contributed by atoms with van der Waals surface area (Å²) in [5.41, 5.74) is 2.06. The van der Waals surface area contributed by atoms with Crippen molar-refractivity contribution < 1.29 is 4.79 Å². The lowest BCUT2D eigenvalue weighted by Crippen LogP contribution is -2.46. The molecule has 0 saturated carbocycles. The van der Waals surface area contributed by atoms with Gasteiger partial charge in [-0.15, -0.1) is 0 Å². The maximum atomic E-state index is 12.0. The fraction of sp³-hybridized carbons (Fsp3) is 0.533. The van der Waals surface area contributed by atoms with Crippen LogP contribution in [0, 0.1) is 0 Å². The Morgan fingerprint density at radius 3 is 2.84 bits per heavy atom. The molecule has 3 N–H and O–H groups in total. The predicted octanol–water partition coefficient (Wildman–Crippen LogP) is 2.59. The van der Waals surface area contributed by atoms with Crippen molar-refractivity contribution in [1.29, 1.82) is 0 Å². The van der Waals surface area contributed by atoms with Crippen LogP contribution in [-0.2, 0) is 4.79 Å². The van der Waals surface area contributed by atoms with Gasteiger partial charge in [-0.05, 0) is 18.6 Å². The first-order valence-electron chi connectivity index (χ1n) is 7.18. The quantitative estimate of drug-likeness (QED) is 0.690. The molecule has 1 aliphatic rings. The highest BCUT2D eigenvalue weighted by atomic mass is 16.2. The van der Waals surface area contributed by atoms with Crippen molar-refractivity contribution in [2.75, 3.05) is 23.7 Å². The summed E-state index contributed by atoms with van der Waals surface area (Å²) in [6, 6.07) is 7.78. The summed E-state index contributed by atoms with van der Waals surface area (Å²) in [6.45, 7) is 3.60. The first-order chi connectivity index (χ1) is 9.31. The van der Waals surface area contributed by atoms with Crippen LogP contribution in [0.15, 0.2) is 24.3 Å². The zero-order valence-corrected chi connectivity index (χ0v) is 11.5. The first-order valence-corrected chi connectivity index (χ1v) is 7.18. The number of unbranched alkanes of at least 4 members (excludes halogenated alkanes) is 3. The van der Waals surface area contributed by atoms with Gasteiger partial charge >= 0.3 is 0 Å². The van der Waals surface area contributed by atoms with E-state index in [1.54, 1.807) is 0 Å². The molecule has 2 rings (SSSR count). The van der Waals surface area contributed by atoms with Gasteiger partial charge in [-0.2, -0.15) is 0 Å². The van der Waals surface area contributed by atoms with Crippen molar-refractivity contribution in [3.63, 3.8) is 0 Å². The van der Waals surface area contributed by atoms with E-state index in [0.717, 1.165) is 24.3 Å². The Balaban J connectivity index is 1.76. The molecule has 4 nitrogen and oxygen atoms in total. The van der Waals surface area contributed by atoms with Gasteiger partial charge in [0.25, 0.3) is 0 Å². The van der Waals surface area contributed by atoms with Gasteiger partial charge in [-0.3, -0.25) is 4.79 Å². The summed E-state index contributed by atoms with van der Waals surface area (Å²) in [7, 11) is 0. The van der Waals surface area contributed by atoms with E-state index in [0.29, 0.717) is 6.54 Å². The van der Waals surface area contributed by atoms with Gasteiger partial charge in [0.15, 0.2) is 0 Å². The molecule has 19 heavy (non-hydrogen) atoms. The molecule has 104 valence electrons. The van der Waals surface area contributed by atoms with Gasteiger partial charge < -0.3 is 16.0 Å². The number of hydrogen-bond acceptors (Lipinski definition) is 3. The number of benzene rings is 1. The Morgan fingerprint density at radius 1 is 1.26 bits per heavy atom. The van der Waals surface area contributed by atoms with Crippen molar-refractivity contribution in [2.45, 2.75) is 38.6 Å². The number of carbonyl (C=O) groups is 1. The summed E-state index contributed by atoms with van der Waals surface area (Å²) >= 11 is 0. The molecule has 4 heteroatoms. The minimum absolute atomic E-state index is 0.0819. The van der Waals surface area contributed by atoms with Crippen LogP contribution >= 0.6 is 0 Å². The fourth-order valence-corrected chi connectivity index (χ4v) is 2.26. The van der Waals surface area contributed by atoms with Crippen LogP contribution in [0.3, 0.4) is 0 Å². The van der Waals surface area contributed by atoms with Crippen molar-refractivity contribution in [3.05, 3.63) is 24.3 Å². The number of amides is 1. The molecule has 1 unspecified atom stereocenters. The average molecular weight is 261 g/mol. The van der Waals surface area contributed by atoms with Crippen LogP contribution in [0.5, 0.6) is 0 Å². The smallest absolute Gasteiger partial charge is 0.244 e. The zero-order valence-electron chi connectivity index (χ0n) is 11.5. The van der Waals surface area contributed by atoms with Gasteiger partial charge in [0, 0.05) is 13.1 Å². The molecular formula is C15H23N3O. The normalized spacial score (nSPS) is 17.0. The minimum atomic E-state index is -0.180. The van der Waals surface area contributed by atoms with Gasteiger partial charge in [0.1, 0.15) is 6.04 Å². The van der Waals surface area contributed by atoms with E-state index in [4.69, 9.17) is 0 Å². The standard InChI is InChI=1S/C15H23N3O/c1-2-3-4-7-10-16-15(19)14-11-17-12-8-5-6-9-13(12)18-14/h5-6,8-9,14,17-18H,2-4,7,10-11H2,1H3,(H,16,19). The van der Waals surface area contributed by atoms with Gasteiger partial charge in [0.2, 0.25) is 5.91 Å². The molecular weight excluding hydrogens is 238 g/mol. The van der Waals surface area contributed by atoms with Crippen LogP contribution in [-0.4, -0.2) is 25.0 Å². The van der Waals surface area contributed by atoms with Gasteiger partial charge in [0.05, 0.1) is 11.4 Å². The van der Waals surface area contributed by atoms with E-state index in [-0.39, 0.29) is 11.9 Å². The molecule has 0 spiro atoms. The SMILES string of the molecule is CCCCCCNC(=O)C1CNc2ccccc2N1. The molecule has 1 amide bonds. The monoisotopic (exact) mass is 261 g/mol. The second-order valence-electron chi connectivity index (χ2n) is 4.98. The van der Waals surface area contributed by atoms with Crippen LogP contribution < -0.4 is 16.0 Å². The van der Waals surface area contributed by atoms with Gasteiger partial charge in [-0.1, -0.05) is 38.3 Å². The molecule has 0 aromatic heterocycles. The Hall–Kier alpha value is -1.71. The van der Waals surface area contributed by atoms with E-state index >= 15 is 0 Å². The van der Waals surface area contributed by atoms with E-state index in [9.17, 15) is 4.79 Å². The van der Waals surface area contributed by atoms with Crippen LogP contribution in [0.4, 0.5) is 11.4 Å². The van der Waals surface area contributed by atoms with E-state index in [1.165, 1.54) is 19.3 Å². The molecule has 0 fully saturated rings. The first kappa shape index (κ1) is 13.7. The van der Waals surface area contributed by atoms with E-state index < -0.39 is 0 Å².